The Morgan fingerprint density at radius 3 is 2.36 bits per heavy atom. The lowest BCUT2D eigenvalue weighted by Gasteiger charge is -2.34. The van der Waals surface area contributed by atoms with E-state index in [2.05, 4.69) is 53.3 Å². The Hall–Kier alpha value is -2.53. The Kier molecular flexibility index (Phi) is 10.7. The fourth-order valence-corrected chi connectivity index (χ4v) is 5.21. The van der Waals surface area contributed by atoms with E-state index < -0.39 is 5.41 Å². The molecule has 3 rings (SSSR count). The fraction of sp³-hybridized carbons (Fsp3) is 0.581. The van der Waals surface area contributed by atoms with E-state index in [9.17, 15) is 9.59 Å². The van der Waals surface area contributed by atoms with E-state index >= 15 is 0 Å². The Labute approximate surface area is 218 Å². The van der Waals surface area contributed by atoms with Crippen LogP contribution in [0.25, 0.3) is 0 Å². The van der Waals surface area contributed by atoms with Crippen LogP contribution >= 0.6 is 0 Å². The van der Waals surface area contributed by atoms with Gasteiger partial charge in [0.1, 0.15) is 0 Å². The maximum atomic E-state index is 13.1. The zero-order valence-electron chi connectivity index (χ0n) is 22.8. The first-order valence-corrected chi connectivity index (χ1v) is 13.8. The maximum Gasteiger partial charge on any atom is 0.290 e. The average Bonchev–Trinajstić information content (AvgIpc) is 3.36. The molecule has 1 aliphatic heterocycles. The number of pyridine rings is 1. The molecule has 36 heavy (non-hydrogen) atoms. The fourth-order valence-electron chi connectivity index (χ4n) is 5.21. The van der Waals surface area contributed by atoms with Gasteiger partial charge in [-0.05, 0) is 82.0 Å². The first kappa shape index (κ1) is 28.0. The number of aryl methyl sites for hydroxylation is 2. The van der Waals surface area contributed by atoms with Gasteiger partial charge in [-0.1, -0.05) is 57.2 Å². The topological polar surface area (TPSA) is 53.5 Å². The van der Waals surface area contributed by atoms with Crippen LogP contribution in [0.1, 0.15) is 76.8 Å². The molecule has 0 spiro atoms. The van der Waals surface area contributed by atoms with Crippen molar-refractivity contribution in [3.63, 3.8) is 0 Å². The molecular formula is C31H45N3O2. The summed E-state index contributed by atoms with van der Waals surface area (Å²) in [7, 11) is 2.20. The van der Waals surface area contributed by atoms with Crippen LogP contribution in [0, 0.1) is 5.41 Å². The quantitative estimate of drug-likeness (QED) is 0.317. The highest BCUT2D eigenvalue weighted by Crippen LogP contribution is 2.27. The number of hydrogen-bond donors (Lipinski definition) is 0. The first-order valence-electron chi connectivity index (χ1n) is 13.8. The van der Waals surface area contributed by atoms with Crippen LogP contribution in [0.5, 0.6) is 0 Å². The molecule has 1 aliphatic rings. The van der Waals surface area contributed by atoms with Crippen LogP contribution < -0.4 is 0 Å². The van der Waals surface area contributed by atoms with Gasteiger partial charge in [0.25, 0.3) is 5.91 Å². The summed E-state index contributed by atoms with van der Waals surface area (Å²) < 4.78 is 0. The highest BCUT2D eigenvalue weighted by molar-refractivity contribution is 6.38. The number of likely N-dealkylation sites (tertiary alicyclic amines) is 1. The van der Waals surface area contributed by atoms with Crippen molar-refractivity contribution in [1.29, 1.82) is 0 Å². The van der Waals surface area contributed by atoms with Crippen molar-refractivity contribution in [1.82, 2.24) is 14.8 Å². The number of rotatable bonds is 14. The van der Waals surface area contributed by atoms with Gasteiger partial charge < -0.3 is 9.80 Å². The van der Waals surface area contributed by atoms with Crippen LogP contribution in [0.4, 0.5) is 0 Å². The minimum absolute atomic E-state index is 0.119. The van der Waals surface area contributed by atoms with E-state index in [1.54, 1.807) is 0 Å². The van der Waals surface area contributed by atoms with Gasteiger partial charge >= 0.3 is 0 Å². The molecule has 1 aromatic heterocycles. The second kappa shape index (κ2) is 13.7. The molecule has 1 saturated heterocycles. The molecular weight excluding hydrogens is 446 g/mol. The number of amides is 1. The highest BCUT2D eigenvalue weighted by atomic mass is 16.2. The van der Waals surface area contributed by atoms with Crippen LogP contribution in [0.15, 0.2) is 54.9 Å². The maximum absolute atomic E-state index is 13.1. The normalized spacial score (nSPS) is 16.9. The van der Waals surface area contributed by atoms with Crippen molar-refractivity contribution < 1.29 is 9.59 Å². The lowest BCUT2D eigenvalue weighted by atomic mass is 9.84. The van der Waals surface area contributed by atoms with Crippen LogP contribution in [0.3, 0.4) is 0 Å². The number of carbonyl (C=O) groups is 2. The molecule has 196 valence electrons. The van der Waals surface area contributed by atoms with E-state index in [4.69, 9.17) is 0 Å². The number of hydrogen-bond acceptors (Lipinski definition) is 4. The Bertz CT molecular complexity index is 899. The van der Waals surface area contributed by atoms with Gasteiger partial charge in [0.15, 0.2) is 0 Å². The molecule has 1 fully saturated rings. The van der Waals surface area contributed by atoms with Crippen molar-refractivity contribution in [3.8, 4) is 0 Å². The molecule has 0 aliphatic carbocycles. The monoisotopic (exact) mass is 491 g/mol. The molecule has 2 atom stereocenters. The number of carbonyl (C=O) groups excluding carboxylic acids is 2. The molecule has 0 radical (unpaired) electrons. The molecule has 0 saturated carbocycles. The molecule has 5 nitrogen and oxygen atoms in total. The van der Waals surface area contributed by atoms with E-state index in [0.29, 0.717) is 19.0 Å². The minimum atomic E-state index is -0.595. The van der Waals surface area contributed by atoms with E-state index in [0.717, 1.165) is 57.9 Å². The van der Waals surface area contributed by atoms with Crippen molar-refractivity contribution >= 4 is 11.7 Å². The minimum Gasteiger partial charge on any atom is -0.332 e. The summed E-state index contributed by atoms with van der Waals surface area (Å²) in [6.07, 6.45) is 13.0. The Morgan fingerprint density at radius 1 is 1.06 bits per heavy atom. The second-order valence-electron chi connectivity index (χ2n) is 11.1. The van der Waals surface area contributed by atoms with Crippen molar-refractivity contribution in [2.24, 2.45) is 5.41 Å². The molecule has 0 unspecified atom stereocenters. The van der Waals surface area contributed by atoms with E-state index in [-0.39, 0.29) is 17.7 Å². The molecule has 0 N–H and O–H groups in total. The summed E-state index contributed by atoms with van der Waals surface area (Å²) in [4.78, 5) is 34.6. The first-order chi connectivity index (χ1) is 17.3. The molecule has 5 heteroatoms. The van der Waals surface area contributed by atoms with E-state index in [1.165, 1.54) is 11.1 Å². The summed E-state index contributed by atoms with van der Waals surface area (Å²) in [5, 5.41) is 0. The zero-order chi connectivity index (χ0) is 26.0. The third kappa shape index (κ3) is 7.99. The number of aromatic nitrogens is 1. The molecule has 2 heterocycles. The van der Waals surface area contributed by atoms with Gasteiger partial charge in [0, 0.05) is 43.0 Å². The lowest BCUT2D eigenvalue weighted by molar-refractivity contribution is -0.150. The number of benzene rings is 1. The summed E-state index contributed by atoms with van der Waals surface area (Å²) >= 11 is 0. The molecule has 2 aromatic rings. The van der Waals surface area contributed by atoms with Crippen LogP contribution in [0.2, 0.25) is 0 Å². The van der Waals surface area contributed by atoms with Crippen LogP contribution in [-0.2, 0) is 22.4 Å². The number of ketones is 1. The smallest absolute Gasteiger partial charge is 0.290 e. The van der Waals surface area contributed by atoms with Gasteiger partial charge in [0.2, 0.25) is 5.78 Å². The Morgan fingerprint density at radius 2 is 1.72 bits per heavy atom. The third-order valence-electron chi connectivity index (χ3n) is 8.02. The van der Waals surface area contributed by atoms with Crippen molar-refractivity contribution in [3.05, 3.63) is 66.0 Å². The predicted octanol–water partition coefficient (Wildman–Crippen LogP) is 5.72. The van der Waals surface area contributed by atoms with Crippen molar-refractivity contribution in [2.45, 2.75) is 90.6 Å². The van der Waals surface area contributed by atoms with Gasteiger partial charge in [-0.15, -0.1) is 0 Å². The number of likely N-dealkylation sites (N-methyl/N-ethyl adjacent to an activating group) is 1. The van der Waals surface area contributed by atoms with Gasteiger partial charge in [-0.25, -0.2) is 0 Å². The Balaban J connectivity index is 1.61. The molecule has 0 bridgehead atoms. The van der Waals surface area contributed by atoms with Crippen LogP contribution in [-0.4, -0.2) is 58.7 Å². The van der Waals surface area contributed by atoms with Gasteiger partial charge in [-0.2, -0.15) is 0 Å². The zero-order valence-corrected chi connectivity index (χ0v) is 22.8. The van der Waals surface area contributed by atoms with Gasteiger partial charge in [0.05, 0.1) is 0 Å². The van der Waals surface area contributed by atoms with E-state index in [1.807, 2.05) is 44.1 Å². The third-order valence-corrected chi connectivity index (χ3v) is 8.02. The largest absolute Gasteiger partial charge is 0.332 e. The van der Waals surface area contributed by atoms with Crippen molar-refractivity contribution in [2.75, 3.05) is 20.1 Å². The van der Waals surface area contributed by atoms with Gasteiger partial charge in [-0.3, -0.25) is 14.6 Å². The summed E-state index contributed by atoms with van der Waals surface area (Å²) in [5.41, 5.74) is 2.08. The highest BCUT2D eigenvalue weighted by Gasteiger charge is 2.39. The number of Topliss-reactive ketones (excluding diaryl/α,β-unsaturated/α-hetero) is 1. The SMILES string of the molecule is CCC(C)(C)C(=O)C(=O)N1CCC[C@H]1CN(C)[C@@H](CCCc1ccccc1)CCCc1cccnc1. The second-order valence-corrected chi connectivity index (χ2v) is 11.1. The number of nitrogens with zero attached hydrogens (tertiary/aromatic N) is 3. The summed E-state index contributed by atoms with van der Waals surface area (Å²) in [6.45, 7) is 7.27. The lowest BCUT2D eigenvalue weighted by Crippen LogP contribution is -2.49. The average molecular weight is 492 g/mol. The standard InChI is InChI=1S/C31H45N3O2/c1-5-31(2,3)29(35)30(36)34-22-12-20-28(34)24-33(4)27(18-9-15-25-13-7-6-8-14-25)19-10-16-26-17-11-21-32-23-26/h6-8,11,13-14,17,21,23,27-28H,5,9-10,12,15-16,18-20,22,24H2,1-4H3/t27-,28-/m0/s1. The summed E-state index contributed by atoms with van der Waals surface area (Å²) in [5.74, 6) is -0.523. The molecule has 1 amide bonds. The summed E-state index contributed by atoms with van der Waals surface area (Å²) in [6, 6.07) is 15.4. The predicted molar refractivity (Wildman–Crippen MR) is 147 cm³/mol. The molecule has 1 aromatic carbocycles.